The van der Waals surface area contributed by atoms with Crippen LogP contribution >= 0.6 is 0 Å². The number of allylic oxidation sites excluding steroid dienone is 1. The summed E-state index contributed by atoms with van der Waals surface area (Å²) in [6.07, 6.45) is 4.12. The van der Waals surface area contributed by atoms with E-state index in [-0.39, 0.29) is 0 Å². The first kappa shape index (κ1) is 16.9. The lowest BCUT2D eigenvalue weighted by molar-refractivity contribution is 0.601. The lowest BCUT2D eigenvalue weighted by Gasteiger charge is -2.06. The van der Waals surface area contributed by atoms with Crippen molar-refractivity contribution in [2.45, 2.75) is 6.92 Å². The zero-order valence-electron chi connectivity index (χ0n) is 15.3. The SMILES string of the molecule is C=C(c1ccccc1)c1oc2c(Nc3ccccc3)cccc2c1/C=C\C. The minimum atomic E-state index is 0.802. The molecule has 0 aliphatic heterocycles. The molecular formula is C25H21NO. The Hall–Kier alpha value is -3.52. The predicted octanol–water partition coefficient (Wildman–Crippen LogP) is 7.27. The van der Waals surface area contributed by atoms with E-state index in [1.54, 1.807) is 0 Å². The summed E-state index contributed by atoms with van der Waals surface area (Å²) in [5.74, 6) is 0.802. The number of fused-ring (bicyclic) bond motifs is 1. The molecule has 0 bridgehead atoms. The van der Waals surface area contributed by atoms with Crippen molar-refractivity contribution in [1.82, 2.24) is 0 Å². The molecule has 0 aliphatic carbocycles. The van der Waals surface area contributed by atoms with Gasteiger partial charge in [-0.15, -0.1) is 0 Å². The van der Waals surface area contributed by atoms with Gasteiger partial charge in [0.25, 0.3) is 0 Å². The molecule has 0 unspecified atom stereocenters. The van der Waals surface area contributed by atoms with Gasteiger partial charge in [-0.1, -0.05) is 79.4 Å². The van der Waals surface area contributed by atoms with E-state index in [9.17, 15) is 0 Å². The molecule has 0 saturated heterocycles. The molecule has 0 saturated carbocycles. The molecule has 2 nitrogen and oxygen atoms in total. The Morgan fingerprint density at radius 1 is 0.889 bits per heavy atom. The number of anilines is 2. The second-order valence-corrected chi connectivity index (χ2v) is 6.36. The van der Waals surface area contributed by atoms with E-state index < -0.39 is 0 Å². The van der Waals surface area contributed by atoms with Crippen molar-refractivity contribution >= 4 is 34.0 Å². The fraction of sp³-hybridized carbons (Fsp3) is 0.0400. The number of nitrogens with one attached hydrogen (secondary N) is 1. The van der Waals surface area contributed by atoms with Gasteiger partial charge in [-0.25, -0.2) is 0 Å². The van der Waals surface area contributed by atoms with Gasteiger partial charge >= 0.3 is 0 Å². The van der Waals surface area contributed by atoms with E-state index in [2.05, 4.69) is 36.2 Å². The molecule has 2 heteroatoms. The van der Waals surface area contributed by atoms with Crippen molar-refractivity contribution in [3.05, 3.63) is 108 Å². The highest BCUT2D eigenvalue weighted by molar-refractivity contribution is 6.00. The van der Waals surface area contributed by atoms with Gasteiger partial charge in [0, 0.05) is 22.2 Å². The molecular weight excluding hydrogens is 330 g/mol. The predicted molar refractivity (Wildman–Crippen MR) is 115 cm³/mol. The summed E-state index contributed by atoms with van der Waals surface area (Å²) in [5.41, 5.74) is 5.79. The average molecular weight is 351 g/mol. The molecule has 1 aromatic heterocycles. The van der Waals surface area contributed by atoms with Crippen molar-refractivity contribution in [3.63, 3.8) is 0 Å². The number of para-hydroxylation sites is 2. The van der Waals surface area contributed by atoms with Crippen LogP contribution in [0.25, 0.3) is 22.6 Å². The Morgan fingerprint density at radius 2 is 1.59 bits per heavy atom. The Balaban J connectivity index is 1.86. The fourth-order valence-electron chi connectivity index (χ4n) is 3.24. The number of hydrogen-bond donors (Lipinski definition) is 1. The third kappa shape index (κ3) is 3.30. The summed E-state index contributed by atoms with van der Waals surface area (Å²) in [4.78, 5) is 0. The van der Waals surface area contributed by atoms with Gasteiger partial charge in [0.2, 0.25) is 0 Å². The molecule has 4 rings (SSSR count). The van der Waals surface area contributed by atoms with Crippen molar-refractivity contribution in [2.75, 3.05) is 5.32 Å². The Kier molecular flexibility index (Phi) is 4.63. The van der Waals surface area contributed by atoms with E-state index in [1.165, 1.54) is 0 Å². The number of furan rings is 1. The Labute approximate surface area is 159 Å². The van der Waals surface area contributed by atoms with Crippen molar-refractivity contribution in [3.8, 4) is 0 Å². The van der Waals surface area contributed by atoms with Crippen molar-refractivity contribution in [2.24, 2.45) is 0 Å². The summed E-state index contributed by atoms with van der Waals surface area (Å²) < 4.78 is 6.36. The first-order chi connectivity index (χ1) is 13.3. The van der Waals surface area contributed by atoms with E-state index in [0.29, 0.717) is 0 Å². The van der Waals surface area contributed by atoms with Crippen LogP contribution in [0.5, 0.6) is 0 Å². The molecule has 0 aliphatic rings. The molecule has 0 atom stereocenters. The van der Waals surface area contributed by atoms with Crippen LogP contribution in [-0.2, 0) is 0 Å². The third-order valence-corrected chi connectivity index (χ3v) is 4.54. The summed E-state index contributed by atoms with van der Waals surface area (Å²) in [5, 5.41) is 4.53. The van der Waals surface area contributed by atoms with Crippen LogP contribution < -0.4 is 5.32 Å². The summed E-state index contributed by atoms with van der Waals surface area (Å²) in [6.45, 7) is 6.31. The normalized spacial score (nSPS) is 11.1. The standard InChI is InChI=1S/C25H21NO/c1-3-11-21-22-16-10-17-23(26-20-14-8-5-9-15-20)25(22)27-24(21)18(2)19-12-6-4-7-13-19/h3-17,26H,2H2,1H3/b11-3-. The lowest BCUT2D eigenvalue weighted by atomic mass is 10.0. The monoisotopic (exact) mass is 351 g/mol. The van der Waals surface area contributed by atoms with Crippen molar-refractivity contribution < 1.29 is 4.42 Å². The smallest absolute Gasteiger partial charge is 0.158 e. The van der Waals surface area contributed by atoms with Gasteiger partial charge in [0.1, 0.15) is 5.76 Å². The first-order valence-corrected chi connectivity index (χ1v) is 9.03. The summed E-state index contributed by atoms with van der Waals surface area (Å²) in [6, 6.07) is 26.4. The van der Waals surface area contributed by atoms with Crippen LogP contribution in [0, 0.1) is 0 Å². The lowest BCUT2D eigenvalue weighted by Crippen LogP contribution is -1.89. The molecule has 1 heterocycles. The molecule has 0 spiro atoms. The number of benzene rings is 3. The molecule has 0 amide bonds. The maximum atomic E-state index is 6.36. The van der Waals surface area contributed by atoms with Crippen molar-refractivity contribution in [1.29, 1.82) is 0 Å². The maximum Gasteiger partial charge on any atom is 0.158 e. The molecule has 27 heavy (non-hydrogen) atoms. The van der Waals surface area contributed by atoms with Gasteiger partial charge in [0.05, 0.1) is 5.69 Å². The van der Waals surface area contributed by atoms with E-state index >= 15 is 0 Å². The third-order valence-electron chi connectivity index (χ3n) is 4.54. The maximum absolute atomic E-state index is 6.36. The minimum Gasteiger partial charge on any atom is -0.453 e. The summed E-state index contributed by atoms with van der Waals surface area (Å²) >= 11 is 0. The highest BCUT2D eigenvalue weighted by Gasteiger charge is 2.18. The number of rotatable bonds is 5. The second-order valence-electron chi connectivity index (χ2n) is 6.36. The highest BCUT2D eigenvalue weighted by atomic mass is 16.3. The molecule has 0 radical (unpaired) electrons. The van der Waals surface area contributed by atoms with Crippen LogP contribution in [-0.4, -0.2) is 0 Å². The fourth-order valence-corrected chi connectivity index (χ4v) is 3.24. The molecule has 1 N–H and O–H groups in total. The van der Waals surface area contributed by atoms with Gasteiger partial charge < -0.3 is 9.73 Å². The molecule has 3 aromatic carbocycles. The molecule has 132 valence electrons. The Bertz CT molecular complexity index is 1110. The van der Waals surface area contributed by atoms with E-state index in [0.717, 1.165) is 44.8 Å². The zero-order valence-corrected chi connectivity index (χ0v) is 15.3. The topological polar surface area (TPSA) is 25.2 Å². The largest absolute Gasteiger partial charge is 0.453 e. The average Bonchev–Trinajstić information content (AvgIpc) is 3.09. The van der Waals surface area contributed by atoms with Crippen LogP contribution in [0.4, 0.5) is 11.4 Å². The van der Waals surface area contributed by atoms with Crippen LogP contribution in [0.15, 0.2) is 95.9 Å². The molecule has 0 fully saturated rings. The Morgan fingerprint density at radius 3 is 2.30 bits per heavy atom. The zero-order chi connectivity index (χ0) is 18.6. The van der Waals surface area contributed by atoms with E-state index in [1.807, 2.05) is 73.7 Å². The van der Waals surface area contributed by atoms with Crippen LogP contribution in [0.1, 0.15) is 23.8 Å². The second kappa shape index (κ2) is 7.38. The van der Waals surface area contributed by atoms with Gasteiger partial charge in [-0.3, -0.25) is 0 Å². The first-order valence-electron chi connectivity index (χ1n) is 9.03. The van der Waals surface area contributed by atoms with Gasteiger partial charge in [-0.2, -0.15) is 0 Å². The highest BCUT2D eigenvalue weighted by Crippen LogP contribution is 2.38. The van der Waals surface area contributed by atoms with Gasteiger partial charge in [-0.05, 0) is 30.7 Å². The number of hydrogen-bond acceptors (Lipinski definition) is 2. The summed E-state index contributed by atoms with van der Waals surface area (Å²) in [7, 11) is 0. The quantitative estimate of drug-likeness (QED) is 0.409. The van der Waals surface area contributed by atoms with Gasteiger partial charge in [0.15, 0.2) is 5.58 Å². The molecule has 4 aromatic rings. The minimum absolute atomic E-state index is 0.802. The van der Waals surface area contributed by atoms with Crippen LogP contribution in [0.2, 0.25) is 0 Å². The van der Waals surface area contributed by atoms with E-state index in [4.69, 9.17) is 4.42 Å². The van der Waals surface area contributed by atoms with Crippen LogP contribution in [0.3, 0.4) is 0 Å².